The Morgan fingerprint density at radius 3 is 2.37 bits per heavy atom. The minimum absolute atomic E-state index is 0.0274. The molecule has 2 atom stereocenters. The molecule has 35 heavy (non-hydrogen) atoms. The summed E-state index contributed by atoms with van der Waals surface area (Å²) in [6.45, 7) is 13.1. The van der Waals surface area contributed by atoms with Crippen molar-refractivity contribution in [2.45, 2.75) is 85.4 Å². The van der Waals surface area contributed by atoms with Gasteiger partial charge in [-0.25, -0.2) is 4.79 Å². The Balaban J connectivity index is 3.20. The molecule has 2 N–H and O–H groups in total. The summed E-state index contributed by atoms with van der Waals surface area (Å²) in [6, 6.07) is 5.54. The summed E-state index contributed by atoms with van der Waals surface area (Å²) in [4.78, 5) is 52.3. The number of hydrogen-bond donors (Lipinski definition) is 2. The van der Waals surface area contributed by atoms with E-state index in [9.17, 15) is 19.2 Å². The first-order valence-corrected chi connectivity index (χ1v) is 12.2. The maximum atomic E-state index is 13.5. The number of benzene rings is 1. The lowest BCUT2D eigenvalue weighted by Gasteiger charge is -2.33. The monoisotopic (exact) mass is 491 g/mol. The van der Waals surface area contributed by atoms with Crippen LogP contribution in [0.2, 0.25) is 0 Å². The number of hydrogen-bond acceptors (Lipinski definition) is 6. The van der Waals surface area contributed by atoms with Crippen LogP contribution in [0, 0.1) is 6.92 Å². The molecule has 0 heterocycles. The number of alkyl carbamates (subject to hydrolysis) is 1. The number of rotatable bonds is 12. The maximum absolute atomic E-state index is 13.5. The molecular weight excluding hydrogens is 450 g/mol. The van der Waals surface area contributed by atoms with Crippen molar-refractivity contribution in [2.75, 3.05) is 19.7 Å². The Labute approximate surface area is 208 Å². The van der Waals surface area contributed by atoms with E-state index in [1.165, 1.54) is 4.90 Å². The zero-order valence-corrected chi connectivity index (χ0v) is 22.1. The van der Waals surface area contributed by atoms with Gasteiger partial charge in [0.15, 0.2) is 0 Å². The number of unbranched alkanes of at least 4 members (excludes halogenated alkanes) is 1. The van der Waals surface area contributed by atoms with Gasteiger partial charge in [-0.3, -0.25) is 14.4 Å². The van der Waals surface area contributed by atoms with Gasteiger partial charge in [-0.15, -0.1) is 0 Å². The highest BCUT2D eigenvalue weighted by molar-refractivity contribution is 5.92. The van der Waals surface area contributed by atoms with Crippen molar-refractivity contribution in [3.8, 4) is 0 Å². The normalized spacial score (nSPS) is 12.8. The van der Waals surface area contributed by atoms with Gasteiger partial charge >= 0.3 is 12.1 Å². The number of carbonyl (C=O) groups excluding carboxylic acids is 4. The summed E-state index contributed by atoms with van der Waals surface area (Å²) in [5.74, 6) is -1.22. The van der Waals surface area contributed by atoms with Gasteiger partial charge < -0.3 is 25.0 Å². The molecule has 1 rings (SSSR count). The quantitative estimate of drug-likeness (QED) is 0.432. The lowest BCUT2D eigenvalue weighted by molar-refractivity contribution is -0.144. The molecular formula is C26H41N3O6. The fourth-order valence-corrected chi connectivity index (χ4v) is 3.42. The van der Waals surface area contributed by atoms with Crippen molar-refractivity contribution in [1.82, 2.24) is 15.5 Å². The lowest BCUT2D eigenvalue weighted by atomic mass is 10.0. The fraction of sp³-hybridized carbons (Fsp3) is 0.615. The maximum Gasteiger partial charge on any atom is 0.408 e. The first-order valence-electron chi connectivity index (χ1n) is 12.2. The molecule has 0 saturated carbocycles. The van der Waals surface area contributed by atoms with Crippen molar-refractivity contribution in [3.05, 3.63) is 35.4 Å². The molecule has 9 nitrogen and oxygen atoms in total. The topological polar surface area (TPSA) is 114 Å². The van der Waals surface area contributed by atoms with E-state index in [-0.39, 0.29) is 19.6 Å². The van der Waals surface area contributed by atoms with Crippen LogP contribution in [0.3, 0.4) is 0 Å². The van der Waals surface area contributed by atoms with E-state index in [0.29, 0.717) is 18.5 Å². The van der Waals surface area contributed by atoms with E-state index in [1.807, 2.05) is 32.0 Å². The van der Waals surface area contributed by atoms with Gasteiger partial charge in [0.2, 0.25) is 11.8 Å². The fourth-order valence-electron chi connectivity index (χ4n) is 3.42. The van der Waals surface area contributed by atoms with Crippen LogP contribution in [0.1, 0.15) is 78.0 Å². The van der Waals surface area contributed by atoms with E-state index >= 15 is 0 Å². The third kappa shape index (κ3) is 10.8. The molecule has 0 aliphatic heterocycles. The van der Waals surface area contributed by atoms with Crippen LogP contribution in [-0.4, -0.2) is 60.1 Å². The van der Waals surface area contributed by atoms with E-state index in [4.69, 9.17) is 9.47 Å². The highest BCUT2D eigenvalue weighted by atomic mass is 16.6. The van der Waals surface area contributed by atoms with E-state index < -0.39 is 41.6 Å². The molecule has 1 aromatic rings. The van der Waals surface area contributed by atoms with Gasteiger partial charge in [-0.2, -0.15) is 0 Å². The molecule has 9 heteroatoms. The molecule has 0 aromatic heterocycles. The third-order valence-corrected chi connectivity index (χ3v) is 4.99. The summed E-state index contributed by atoms with van der Waals surface area (Å²) >= 11 is 0. The largest absolute Gasteiger partial charge is 0.466 e. The van der Waals surface area contributed by atoms with E-state index in [2.05, 4.69) is 10.6 Å². The lowest BCUT2D eigenvalue weighted by Crippen LogP contribution is -2.52. The zero-order chi connectivity index (χ0) is 26.6. The molecule has 0 aliphatic rings. The van der Waals surface area contributed by atoms with Gasteiger partial charge in [0.1, 0.15) is 17.7 Å². The first-order chi connectivity index (χ1) is 16.4. The molecule has 2 unspecified atom stereocenters. The van der Waals surface area contributed by atoms with Crippen LogP contribution in [0.25, 0.3) is 0 Å². The molecule has 196 valence electrons. The molecule has 0 fully saturated rings. The predicted octanol–water partition coefficient (Wildman–Crippen LogP) is 3.65. The van der Waals surface area contributed by atoms with Crippen LogP contribution in [0.5, 0.6) is 0 Å². The van der Waals surface area contributed by atoms with E-state index in [0.717, 1.165) is 12.0 Å². The van der Waals surface area contributed by atoms with Crippen LogP contribution < -0.4 is 10.6 Å². The molecule has 1 aromatic carbocycles. The van der Waals surface area contributed by atoms with Crippen LogP contribution in [-0.2, 0) is 23.9 Å². The van der Waals surface area contributed by atoms with Crippen molar-refractivity contribution in [1.29, 1.82) is 0 Å². The van der Waals surface area contributed by atoms with Crippen LogP contribution >= 0.6 is 0 Å². The number of nitrogens with zero attached hydrogens (tertiary/aromatic N) is 1. The smallest absolute Gasteiger partial charge is 0.408 e. The Kier molecular flexibility index (Phi) is 12.3. The zero-order valence-electron chi connectivity index (χ0n) is 22.1. The molecule has 0 radical (unpaired) electrons. The first kappa shape index (κ1) is 29.9. The number of amides is 3. The second kappa shape index (κ2) is 14.3. The average Bonchev–Trinajstić information content (AvgIpc) is 2.74. The third-order valence-electron chi connectivity index (χ3n) is 4.99. The number of ether oxygens (including phenoxy) is 2. The highest BCUT2D eigenvalue weighted by Crippen LogP contribution is 2.24. The Bertz CT molecular complexity index is 865. The molecule has 0 saturated heterocycles. The highest BCUT2D eigenvalue weighted by Gasteiger charge is 2.34. The summed E-state index contributed by atoms with van der Waals surface area (Å²) in [5, 5.41) is 5.34. The Morgan fingerprint density at radius 1 is 1.11 bits per heavy atom. The molecule has 0 spiro atoms. The number of aryl methyl sites for hydroxylation is 1. The molecule has 0 bridgehead atoms. The summed E-state index contributed by atoms with van der Waals surface area (Å²) in [5.41, 5.74) is 0.875. The van der Waals surface area contributed by atoms with Crippen LogP contribution in [0.4, 0.5) is 4.79 Å². The average molecular weight is 492 g/mol. The van der Waals surface area contributed by atoms with Gasteiger partial charge in [0, 0.05) is 13.1 Å². The van der Waals surface area contributed by atoms with Crippen molar-refractivity contribution in [2.24, 2.45) is 0 Å². The van der Waals surface area contributed by atoms with Crippen molar-refractivity contribution in [3.63, 3.8) is 0 Å². The Hall–Kier alpha value is -3.10. The predicted molar refractivity (Wildman–Crippen MR) is 134 cm³/mol. The van der Waals surface area contributed by atoms with Gasteiger partial charge in [-0.1, -0.05) is 43.2 Å². The van der Waals surface area contributed by atoms with Gasteiger partial charge in [0.25, 0.3) is 0 Å². The summed E-state index contributed by atoms with van der Waals surface area (Å²) in [7, 11) is 0. The number of esters is 1. The Morgan fingerprint density at radius 2 is 1.80 bits per heavy atom. The minimum atomic E-state index is -0.931. The van der Waals surface area contributed by atoms with Crippen LogP contribution in [0.15, 0.2) is 24.3 Å². The molecule has 3 amide bonds. The SMILES string of the molecule is CCCCN(C(=O)C(C)NC(=O)OC(C)(C)C)C(C(=O)NCCC(=O)OCC)c1cccc(C)c1. The van der Waals surface area contributed by atoms with Gasteiger partial charge in [-0.05, 0) is 53.5 Å². The number of carbonyl (C=O) groups is 4. The van der Waals surface area contributed by atoms with Gasteiger partial charge in [0.05, 0.1) is 13.0 Å². The standard InChI is InChI=1S/C26H41N3O6/c1-8-10-16-29(24(32)19(4)28-25(33)35-26(5,6)7)22(20-13-11-12-18(3)17-20)23(31)27-15-14-21(30)34-9-2/h11-13,17,19,22H,8-10,14-16H2,1-7H3,(H,27,31)(H,28,33). The summed E-state index contributed by atoms with van der Waals surface area (Å²) in [6.07, 6.45) is 0.797. The van der Waals surface area contributed by atoms with Crippen molar-refractivity contribution < 1.29 is 28.7 Å². The summed E-state index contributed by atoms with van der Waals surface area (Å²) < 4.78 is 10.2. The second-order valence-corrected chi connectivity index (χ2v) is 9.42. The minimum Gasteiger partial charge on any atom is -0.466 e. The second-order valence-electron chi connectivity index (χ2n) is 9.42. The van der Waals surface area contributed by atoms with E-state index in [1.54, 1.807) is 40.7 Å². The number of nitrogens with one attached hydrogen (secondary N) is 2. The van der Waals surface area contributed by atoms with Crippen molar-refractivity contribution >= 4 is 23.9 Å². The molecule has 0 aliphatic carbocycles.